The maximum Gasteiger partial charge on any atom is 0.236 e. The third kappa shape index (κ3) is 5.70. The molecule has 1 aromatic carbocycles. The molecular formula is C24H37N3O4S. The SMILES string of the molecule is CCC1SC(c2ccc(OC)c(OC)c2)N(CCN2CCN(C(=O)CC(C)C)CC2)C1=O. The standard InChI is InChI=1S/C24H37N3O4S/c1-6-21-23(29)27(24(32-21)18-7-8-19(30-4)20(16-18)31-5)14-11-25-9-12-26(13-10-25)22(28)15-17(2)3/h7-8,16-17,21,24H,6,9-15H2,1-5H3. The van der Waals surface area contributed by atoms with E-state index in [1.165, 1.54) is 0 Å². The van der Waals surface area contributed by atoms with Crippen LogP contribution < -0.4 is 9.47 Å². The summed E-state index contributed by atoms with van der Waals surface area (Å²) >= 11 is 1.72. The van der Waals surface area contributed by atoms with Gasteiger partial charge in [-0.1, -0.05) is 26.8 Å². The second-order valence-electron chi connectivity index (χ2n) is 8.85. The number of rotatable bonds is 9. The first kappa shape index (κ1) is 24.7. The Kier molecular flexibility index (Phi) is 8.71. The zero-order valence-corrected chi connectivity index (χ0v) is 20.8. The Morgan fingerprint density at radius 1 is 1.09 bits per heavy atom. The van der Waals surface area contributed by atoms with Crippen molar-refractivity contribution in [2.75, 3.05) is 53.5 Å². The van der Waals surface area contributed by atoms with Crippen LogP contribution in [0.3, 0.4) is 0 Å². The molecule has 2 saturated heterocycles. The third-order valence-electron chi connectivity index (χ3n) is 6.16. The molecule has 0 N–H and O–H groups in total. The number of hydrogen-bond donors (Lipinski definition) is 0. The summed E-state index contributed by atoms with van der Waals surface area (Å²) in [5.41, 5.74) is 1.06. The maximum atomic E-state index is 13.1. The Bertz CT molecular complexity index is 795. The summed E-state index contributed by atoms with van der Waals surface area (Å²) in [5.74, 6) is 2.22. The summed E-state index contributed by atoms with van der Waals surface area (Å²) in [7, 11) is 3.26. The van der Waals surface area contributed by atoms with Gasteiger partial charge >= 0.3 is 0 Å². The number of carbonyl (C=O) groups is 2. The number of ether oxygens (including phenoxy) is 2. The van der Waals surface area contributed by atoms with Crippen molar-refractivity contribution in [3.8, 4) is 11.5 Å². The van der Waals surface area contributed by atoms with Crippen molar-refractivity contribution in [3.63, 3.8) is 0 Å². The van der Waals surface area contributed by atoms with E-state index in [-0.39, 0.29) is 22.4 Å². The van der Waals surface area contributed by atoms with Gasteiger partial charge in [0.2, 0.25) is 11.8 Å². The molecule has 178 valence electrons. The quantitative estimate of drug-likeness (QED) is 0.560. The summed E-state index contributed by atoms with van der Waals surface area (Å²) in [6, 6.07) is 5.91. The van der Waals surface area contributed by atoms with Gasteiger partial charge in [-0.3, -0.25) is 14.5 Å². The van der Waals surface area contributed by atoms with E-state index in [4.69, 9.17) is 9.47 Å². The van der Waals surface area contributed by atoms with Crippen LogP contribution in [0.25, 0.3) is 0 Å². The minimum Gasteiger partial charge on any atom is -0.493 e. The molecule has 0 radical (unpaired) electrons. The molecule has 2 unspecified atom stereocenters. The Morgan fingerprint density at radius 2 is 1.78 bits per heavy atom. The minimum atomic E-state index is -0.0267. The van der Waals surface area contributed by atoms with E-state index in [2.05, 4.69) is 25.7 Å². The van der Waals surface area contributed by atoms with E-state index < -0.39 is 0 Å². The van der Waals surface area contributed by atoms with Crippen molar-refractivity contribution in [2.24, 2.45) is 5.92 Å². The number of piperazine rings is 1. The highest BCUT2D eigenvalue weighted by molar-refractivity contribution is 8.01. The van der Waals surface area contributed by atoms with E-state index in [9.17, 15) is 9.59 Å². The fourth-order valence-electron chi connectivity index (χ4n) is 4.30. The molecule has 3 rings (SSSR count). The molecule has 7 nitrogen and oxygen atoms in total. The third-order valence-corrected chi connectivity index (χ3v) is 7.81. The zero-order valence-electron chi connectivity index (χ0n) is 20.0. The molecule has 0 spiro atoms. The van der Waals surface area contributed by atoms with Gasteiger partial charge in [0.15, 0.2) is 11.5 Å². The van der Waals surface area contributed by atoms with Gasteiger partial charge in [-0.05, 0) is 30.0 Å². The first-order chi connectivity index (χ1) is 15.4. The number of benzene rings is 1. The van der Waals surface area contributed by atoms with Gasteiger partial charge in [0.25, 0.3) is 0 Å². The van der Waals surface area contributed by atoms with E-state index in [1.807, 2.05) is 28.0 Å². The summed E-state index contributed by atoms with van der Waals surface area (Å²) < 4.78 is 10.9. The molecule has 2 atom stereocenters. The lowest BCUT2D eigenvalue weighted by atomic mass is 10.1. The largest absolute Gasteiger partial charge is 0.493 e. The Hall–Kier alpha value is -1.93. The van der Waals surface area contributed by atoms with E-state index in [0.717, 1.165) is 44.7 Å². The molecule has 0 aliphatic carbocycles. The molecule has 2 aliphatic rings. The van der Waals surface area contributed by atoms with Crippen LogP contribution in [0.5, 0.6) is 11.5 Å². The van der Waals surface area contributed by atoms with Gasteiger partial charge < -0.3 is 19.3 Å². The molecule has 2 fully saturated rings. The maximum absolute atomic E-state index is 13.1. The first-order valence-corrected chi connectivity index (χ1v) is 12.5. The number of nitrogens with zero attached hydrogens (tertiary/aromatic N) is 3. The lowest BCUT2D eigenvalue weighted by molar-refractivity contribution is -0.133. The first-order valence-electron chi connectivity index (χ1n) is 11.6. The van der Waals surface area contributed by atoms with Crippen LogP contribution in [-0.4, -0.2) is 85.3 Å². The smallest absolute Gasteiger partial charge is 0.236 e. The molecule has 1 aromatic rings. The van der Waals surface area contributed by atoms with Crippen molar-refractivity contribution in [3.05, 3.63) is 23.8 Å². The van der Waals surface area contributed by atoms with Gasteiger partial charge in [-0.2, -0.15) is 0 Å². The highest BCUT2D eigenvalue weighted by Crippen LogP contribution is 2.45. The number of thioether (sulfide) groups is 1. The number of hydrogen-bond acceptors (Lipinski definition) is 6. The van der Waals surface area contributed by atoms with Crippen molar-refractivity contribution in [1.29, 1.82) is 0 Å². The Labute approximate surface area is 196 Å². The Balaban J connectivity index is 1.63. The van der Waals surface area contributed by atoms with Gasteiger partial charge in [-0.25, -0.2) is 0 Å². The topological polar surface area (TPSA) is 62.3 Å². The molecule has 2 amide bonds. The van der Waals surface area contributed by atoms with Gasteiger partial charge in [0, 0.05) is 45.7 Å². The van der Waals surface area contributed by atoms with E-state index in [1.54, 1.807) is 26.0 Å². The minimum absolute atomic E-state index is 0.0152. The van der Waals surface area contributed by atoms with Crippen LogP contribution >= 0.6 is 11.8 Å². The zero-order chi connectivity index (χ0) is 23.3. The molecule has 0 saturated carbocycles. The number of carbonyl (C=O) groups excluding carboxylic acids is 2. The van der Waals surface area contributed by atoms with Crippen LogP contribution in [0, 0.1) is 5.92 Å². The highest BCUT2D eigenvalue weighted by atomic mass is 32.2. The monoisotopic (exact) mass is 463 g/mol. The predicted octanol–water partition coefficient (Wildman–Crippen LogP) is 3.25. The van der Waals surface area contributed by atoms with Crippen molar-refractivity contribution in [1.82, 2.24) is 14.7 Å². The van der Waals surface area contributed by atoms with Crippen LogP contribution in [0.2, 0.25) is 0 Å². The summed E-state index contributed by atoms with van der Waals surface area (Å²) in [5, 5.41) is -0.0419. The molecular weight excluding hydrogens is 426 g/mol. The normalized spacial score (nSPS) is 22.0. The van der Waals surface area contributed by atoms with Crippen LogP contribution in [0.1, 0.15) is 44.6 Å². The van der Waals surface area contributed by atoms with Gasteiger partial charge in [-0.15, -0.1) is 11.8 Å². The summed E-state index contributed by atoms with van der Waals surface area (Å²) in [6.45, 7) is 11.0. The predicted molar refractivity (Wildman–Crippen MR) is 128 cm³/mol. The summed E-state index contributed by atoms with van der Waals surface area (Å²) in [6.07, 6.45) is 1.44. The van der Waals surface area contributed by atoms with Gasteiger partial charge in [0.1, 0.15) is 5.37 Å². The average molecular weight is 464 g/mol. The van der Waals surface area contributed by atoms with Crippen molar-refractivity contribution >= 4 is 23.6 Å². The van der Waals surface area contributed by atoms with E-state index in [0.29, 0.717) is 30.4 Å². The van der Waals surface area contributed by atoms with Gasteiger partial charge in [0.05, 0.1) is 19.5 Å². The molecule has 32 heavy (non-hydrogen) atoms. The van der Waals surface area contributed by atoms with Crippen molar-refractivity contribution < 1.29 is 19.1 Å². The second-order valence-corrected chi connectivity index (χ2v) is 10.1. The molecule has 0 bridgehead atoms. The molecule has 2 heterocycles. The average Bonchev–Trinajstić information content (AvgIpc) is 3.12. The Morgan fingerprint density at radius 3 is 2.38 bits per heavy atom. The fourth-order valence-corrected chi connectivity index (χ4v) is 5.71. The lowest BCUT2D eigenvalue weighted by Crippen LogP contribution is -2.50. The van der Waals surface area contributed by atoms with Crippen molar-refractivity contribution in [2.45, 2.75) is 44.2 Å². The summed E-state index contributed by atoms with van der Waals surface area (Å²) in [4.78, 5) is 31.8. The van der Waals surface area contributed by atoms with Crippen LogP contribution in [-0.2, 0) is 9.59 Å². The number of amides is 2. The highest BCUT2D eigenvalue weighted by Gasteiger charge is 2.40. The van der Waals surface area contributed by atoms with Crippen LogP contribution in [0.4, 0.5) is 0 Å². The molecule has 8 heteroatoms. The lowest BCUT2D eigenvalue weighted by Gasteiger charge is -2.36. The molecule has 0 aromatic heterocycles. The second kappa shape index (κ2) is 11.3. The number of methoxy groups -OCH3 is 2. The molecule has 2 aliphatic heterocycles. The van der Waals surface area contributed by atoms with Crippen LogP contribution in [0.15, 0.2) is 18.2 Å². The fraction of sp³-hybridized carbons (Fsp3) is 0.667. The van der Waals surface area contributed by atoms with E-state index >= 15 is 0 Å².